The zero-order valence-electron chi connectivity index (χ0n) is 6.87. The Kier molecular flexibility index (Phi) is 2.48. The van der Waals surface area contributed by atoms with E-state index in [1.165, 1.54) is 6.20 Å². The van der Waals surface area contributed by atoms with E-state index >= 15 is 0 Å². The molecule has 70 valence electrons. The summed E-state index contributed by atoms with van der Waals surface area (Å²) in [5.74, 6) is 0. The Hall–Kier alpha value is -1.000. The quantitative estimate of drug-likeness (QED) is 0.749. The lowest BCUT2D eigenvalue weighted by atomic mass is 10.2. The van der Waals surface area contributed by atoms with Crippen LogP contribution in [0, 0.1) is 0 Å². The van der Waals surface area contributed by atoms with E-state index < -0.39 is 5.24 Å². The highest BCUT2D eigenvalue weighted by Crippen LogP contribution is 2.22. The minimum atomic E-state index is -0.511. The third-order valence-corrected chi connectivity index (χ3v) is 2.64. The van der Waals surface area contributed by atoms with Crippen LogP contribution in [0.5, 0.6) is 0 Å². The van der Waals surface area contributed by atoms with Crippen LogP contribution < -0.4 is 0 Å². The van der Waals surface area contributed by atoms with E-state index in [9.17, 15) is 4.79 Å². The molecule has 2 heterocycles. The maximum absolute atomic E-state index is 10.9. The van der Waals surface area contributed by atoms with Crippen molar-refractivity contribution in [2.24, 2.45) is 0 Å². The first-order valence-corrected chi connectivity index (χ1v) is 4.94. The van der Waals surface area contributed by atoms with Crippen LogP contribution in [-0.2, 0) is 0 Å². The molecular weight excluding hydrogens is 267 g/mol. The molecule has 0 aromatic carbocycles. The monoisotopic (exact) mass is 270 g/mol. The van der Waals surface area contributed by atoms with E-state index in [1.54, 1.807) is 18.5 Å². The summed E-state index contributed by atoms with van der Waals surface area (Å²) in [6.45, 7) is 0. The Morgan fingerprint density at radius 1 is 1.36 bits per heavy atom. The van der Waals surface area contributed by atoms with Crippen LogP contribution in [0.25, 0.3) is 10.9 Å². The molecule has 0 unspecified atom stereocenters. The largest absolute Gasteiger partial charge is 0.276 e. The summed E-state index contributed by atoms with van der Waals surface area (Å²) in [6.07, 6.45) is 4.71. The lowest BCUT2D eigenvalue weighted by Crippen LogP contribution is -1.91. The molecule has 14 heavy (non-hydrogen) atoms. The Morgan fingerprint density at radius 3 is 2.86 bits per heavy atom. The average Bonchev–Trinajstić information content (AvgIpc) is 2.18. The number of hydrogen-bond acceptors (Lipinski definition) is 3. The number of carbonyl (C=O) groups is 1. The third kappa shape index (κ3) is 1.63. The highest BCUT2D eigenvalue weighted by atomic mass is 79.9. The predicted octanol–water partition coefficient (Wildman–Crippen LogP) is 2.77. The number of carbonyl (C=O) groups excluding carboxylic acids is 1. The molecule has 3 nitrogen and oxygen atoms in total. The molecular formula is C9H4BrClN2O. The van der Waals surface area contributed by atoms with Crippen LogP contribution >= 0.6 is 27.5 Å². The van der Waals surface area contributed by atoms with E-state index in [0.717, 1.165) is 15.4 Å². The summed E-state index contributed by atoms with van der Waals surface area (Å²) in [5, 5.41) is 0.314. The van der Waals surface area contributed by atoms with Crippen LogP contribution in [-0.4, -0.2) is 15.2 Å². The number of nitrogens with zero attached hydrogens (tertiary/aromatic N) is 2. The van der Waals surface area contributed by atoms with Crippen molar-refractivity contribution in [1.82, 2.24) is 9.97 Å². The standard InChI is InChI=1S/C9H4BrClN2O/c10-7-3-12-4-8-6(7)1-5(2-13-8)9(11)14/h1-4H. The summed E-state index contributed by atoms with van der Waals surface area (Å²) in [6, 6.07) is 1.68. The van der Waals surface area contributed by atoms with Gasteiger partial charge in [-0.05, 0) is 33.6 Å². The van der Waals surface area contributed by atoms with E-state index in [1.807, 2.05) is 0 Å². The lowest BCUT2D eigenvalue weighted by Gasteiger charge is -1.99. The molecule has 2 aromatic rings. The third-order valence-electron chi connectivity index (χ3n) is 1.79. The molecule has 0 radical (unpaired) electrons. The number of aromatic nitrogens is 2. The van der Waals surface area contributed by atoms with Gasteiger partial charge >= 0.3 is 0 Å². The van der Waals surface area contributed by atoms with Gasteiger partial charge in [-0.25, -0.2) is 0 Å². The number of fused-ring (bicyclic) bond motifs is 1. The molecule has 2 rings (SSSR count). The van der Waals surface area contributed by atoms with Crippen molar-refractivity contribution in [2.75, 3.05) is 0 Å². The van der Waals surface area contributed by atoms with Crippen molar-refractivity contribution in [2.45, 2.75) is 0 Å². The molecule has 0 aliphatic carbocycles. The molecule has 2 aromatic heterocycles. The Morgan fingerprint density at radius 2 is 2.14 bits per heavy atom. The number of pyridine rings is 2. The zero-order chi connectivity index (χ0) is 10.1. The summed E-state index contributed by atoms with van der Waals surface area (Å²) < 4.78 is 0.794. The Balaban J connectivity index is 2.76. The number of hydrogen-bond donors (Lipinski definition) is 0. The molecule has 5 heteroatoms. The highest BCUT2D eigenvalue weighted by Gasteiger charge is 2.05. The summed E-state index contributed by atoms with van der Waals surface area (Å²) >= 11 is 8.67. The van der Waals surface area contributed by atoms with Crippen molar-refractivity contribution >= 4 is 43.7 Å². The van der Waals surface area contributed by atoms with Crippen LogP contribution in [0.1, 0.15) is 10.4 Å². The topological polar surface area (TPSA) is 42.9 Å². The van der Waals surface area contributed by atoms with E-state index in [0.29, 0.717) is 5.56 Å². The molecule has 0 atom stereocenters. The van der Waals surface area contributed by atoms with Crippen molar-refractivity contribution in [1.29, 1.82) is 0 Å². The van der Waals surface area contributed by atoms with Gasteiger partial charge in [0.15, 0.2) is 0 Å². The van der Waals surface area contributed by atoms with Gasteiger partial charge in [-0.2, -0.15) is 0 Å². The minimum Gasteiger partial charge on any atom is -0.276 e. The van der Waals surface area contributed by atoms with Crippen LogP contribution in [0.4, 0.5) is 0 Å². The average molecular weight is 272 g/mol. The molecule has 0 aliphatic rings. The molecule has 0 spiro atoms. The van der Waals surface area contributed by atoms with Crippen LogP contribution in [0.3, 0.4) is 0 Å². The van der Waals surface area contributed by atoms with Gasteiger partial charge in [0.05, 0.1) is 17.3 Å². The number of rotatable bonds is 1. The molecule has 0 N–H and O–H groups in total. The fourth-order valence-corrected chi connectivity index (χ4v) is 1.66. The maximum Gasteiger partial charge on any atom is 0.253 e. The minimum absolute atomic E-state index is 0.381. The predicted molar refractivity (Wildman–Crippen MR) is 57.4 cm³/mol. The highest BCUT2D eigenvalue weighted by molar-refractivity contribution is 9.10. The van der Waals surface area contributed by atoms with Crippen molar-refractivity contribution in [3.63, 3.8) is 0 Å². The second-order valence-corrected chi connectivity index (χ2v) is 3.88. The molecule has 0 saturated carbocycles. The normalized spacial score (nSPS) is 10.4. The smallest absolute Gasteiger partial charge is 0.253 e. The number of halogens is 2. The summed E-state index contributed by atoms with van der Waals surface area (Å²) in [5.41, 5.74) is 1.10. The first-order valence-electron chi connectivity index (χ1n) is 3.77. The van der Waals surface area contributed by atoms with Crippen molar-refractivity contribution < 1.29 is 4.79 Å². The lowest BCUT2D eigenvalue weighted by molar-refractivity contribution is 0.108. The second-order valence-electron chi connectivity index (χ2n) is 2.69. The van der Waals surface area contributed by atoms with E-state index in [4.69, 9.17) is 11.6 Å². The zero-order valence-corrected chi connectivity index (χ0v) is 9.21. The second kappa shape index (κ2) is 3.63. The van der Waals surface area contributed by atoms with Gasteiger partial charge in [0.2, 0.25) is 0 Å². The Labute approximate surface area is 93.2 Å². The maximum atomic E-state index is 10.9. The van der Waals surface area contributed by atoms with Gasteiger partial charge in [-0.15, -0.1) is 0 Å². The summed E-state index contributed by atoms with van der Waals surface area (Å²) in [4.78, 5) is 18.9. The van der Waals surface area contributed by atoms with Gasteiger partial charge in [-0.3, -0.25) is 14.8 Å². The molecule has 0 saturated heterocycles. The van der Waals surface area contributed by atoms with Crippen LogP contribution in [0.15, 0.2) is 29.1 Å². The van der Waals surface area contributed by atoms with Gasteiger partial charge in [0, 0.05) is 22.3 Å². The van der Waals surface area contributed by atoms with Crippen molar-refractivity contribution in [3.8, 4) is 0 Å². The van der Waals surface area contributed by atoms with Crippen molar-refractivity contribution in [3.05, 3.63) is 34.7 Å². The molecule has 0 amide bonds. The molecule has 0 bridgehead atoms. The van der Waals surface area contributed by atoms with E-state index in [-0.39, 0.29) is 0 Å². The first kappa shape index (κ1) is 9.55. The molecule has 0 aliphatic heterocycles. The SMILES string of the molecule is O=C(Cl)c1cnc2cncc(Br)c2c1. The summed E-state index contributed by atoms with van der Waals surface area (Å²) in [7, 11) is 0. The van der Waals surface area contributed by atoms with Gasteiger partial charge < -0.3 is 0 Å². The Bertz CT molecular complexity index is 515. The van der Waals surface area contributed by atoms with Crippen LogP contribution in [0.2, 0.25) is 0 Å². The van der Waals surface area contributed by atoms with E-state index in [2.05, 4.69) is 25.9 Å². The fraction of sp³-hybridized carbons (Fsp3) is 0. The molecule has 0 fully saturated rings. The first-order chi connectivity index (χ1) is 6.68. The van der Waals surface area contributed by atoms with Gasteiger partial charge in [-0.1, -0.05) is 0 Å². The van der Waals surface area contributed by atoms with Gasteiger partial charge in [0.1, 0.15) is 0 Å². The van der Waals surface area contributed by atoms with Gasteiger partial charge in [0.25, 0.3) is 5.24 Å². The fourth-order valence-electron chi connectivity index (χ4n) is 1.12.